The number of amides is 2. The van der Waals surface area contributed by atoms with Crippen LogP contribution in [0, 0.1) is 6.92 Å². The minimum absolute atomic E-state index is 0.0783. The first kappa shape index (κ1) is 12.8. The van der Waals surface area contributed by atoms with Gasteiger partial charge in [-0.1, -0.05) is 17.7 Å². The molecule has 1 saturated heterocycles. The maximum absolute atomic E-state index is 12.5. The van der Waals surface area contributed by atoms with Crippen LogP contribution >= 0.6 is 0 Å². The van der Waals surface area contributed by atoms with E-state index in [9.17, 15) is 9.59 Å². The zero-order chi connectivity index (χ0) is 14.5. The van der Waals surface area contributed by atoms with Crippen molar-refractivity contribution in [3.05, 3.63) is 34.9 Å². The number of hydrogen-bond acceptors (Lipinski definition) is 4. The molecule has 1 unspecified atom stereocenters. The zero-order valence-corrected chi connectivity index (χ0v) is 11.8. The predicted octanol–water partition coefficient (Wildman–Crippen LogP) is 1.38. The molecule has 1 spiro atoms. The molecular weight excluding hydrogens is 256 g/mol. The Balaban J connectivity index is 2.20. The number of carbonyl (C=O) groups is 2. The highest BCUT2D eigenvalue weighted by Crippen LogP contribution is 2.44. The molecule has 5 heteroatoms. The number of likely N-dealkylation sites (N-methyl/N-ethyl adjacent to an activating group) is 1. The van der Waals surface area contributed by atoms with Crippen molar-refractivity contribution in [2.45, 2.75) is 25.8 Å². The molecule has 20 heavy (non-hydrogen) atoms. The molecule has 1 atom stereocenters. The Kier molecular flexibility index (Phi) is 2.67. The molecule has 0 aromatic heterocycles. The number of nitrogens with zero attached hydrogens (tertiary/aromatic N) is 2. The van der Waals surface area contributed by atoms with Gasteiger partial charge < -0.3 is 4.74 Å². The maximum atomic E-state index is 12.5. The van der Waals surface area contributed by atoms with E-state index in [0.717, 1.165) is 21.6 Å². The summed E-state index contributed by atoms with van der Waals surface area (Å²) in [5.74, 6) is -0.0204. The van der Waals surface area contributed by atoms with Gasteiger partial charge in [-0.05, 0) is 19.9 Å². The lowest BCUT2D eigenvalue weighted by atomic mass is 9.87. The van der Waals surface area contributed by atoms with E-state index in [0.29, 0.717) is 12.5 Å². The maximum Gasteiger partial charge on any atom is 0.262 e. The summed E-state index contributed by atoms with van der Waals surface area (Å²) < 4.78 is 5.56. The third-order valence-electron chi connectivity index (χ3n) is 3.86. The largest absolute Gasteiger partial charge is 0.478 e. The number of ether oxygens (including phenoxy) is 1. The van der Waals surface area contributed by atoms with Crippen LogP contribution in [0.5, 0.6) is 0 Å². The second kappa shape index (κ2) is 4.16. The Morgan fingerprint density at radius 3 is 2.75 bits per heavy atom. The van der Waals surface area contributed by atoms with E-state index in [1.165, 1.54) is 7.05 Å². The van der Waals surface area contributed by atoms with Crippen molar-refractivity contribution in [3.8, 4) is 0 Å². The molecule has 3 rings (SSSR count). The third kappa shape index (κ3) is 1.52. The summed E-state index contributed by atoms with van der Waals surface area (Å²) in [5.41, 5.74) is 1.55. The van der Waals surface area contributed by atoms with Crippen molar-refractivity contribution >= 4 is 17.7 Å². The van der Waals surface area contributed by atoms with Crippen LogP contribution in [0.25, 0.3) is 0 Å². The monoisotopic (exact) mass is 272 g/mol. The number of imide groups is 1. The number of likely N-dealkylation sites (tertiary alicyclic amines) is 1. The SMILES string of the molecule is CCOC1=NC2(CC(=O)N(C)C2=O)c2ccc(C)cc21. The summed E-state index contributed by atoms with van der Waals surface area (Å²) in [7, 11) is 1.50. The lowest BCUT2D eigenvalue weighted by Gasteiger charge is -2.18. The van der Waals surface area contributed by atoms with Crippen molar-refractivity contribution in [1.82, 2.24) is 4.90 Å². The van der Waals surface area contributed by atoms with E-state index in [1.807, 2.05) is 32.0 Å². The van der Waals surface area contributed by atoms with E-state index in [4.69, 9.17) is 4.74 Å². The highest BCUT2D eigenvalue weighted by Gasteiger charge is 2.56. The van der Waals surface area contributed by atoms with E-state index in [2.05, 4.69) is 4.99 Å². The van der Waals surface area contributed by atoms with Gasteiger partial charge >= 0.3 is 0 Å². The van der Waals surface area contributed by atoms with Gasteiger partial charge in [0, 0.05) is 18.2 Å². The molecule has 2 aliphatic heterocycles. The standard InChI is InChI=1S/C15H16N2O3/c1-4-20-13-10-7-9(2)5-6-11(10)15(16-13)8-12(18)17(3)14(15)19/h5-7H,4,8H2,1-3H3. The lowest BCUT2D eigenvalue weighted by Crippen LogP contribution is -2.34. The van der Waals surface area contributed by atoms with Crippen LogP contribution in [0.15, 0.2) is 23.2 Å². The van der Waals surface area contributed by atoms with Crippen molar-refractivity contribution < 1.29 is 14.3 Å². The van der Waals surface area contributed by atoms with Crippen LogP contribution in [0.3, 0.4) is 0 Å². The molecule has 1 aromatic rings. The zero-order valence-electron chi connectivity index (χ0n) is 11.8. The van der Waals surface area contributed by atoms with E-state index >= 15 is 0 Å². The van der Waals surface area contributed by atoms with Gasteiger partial charge in [-0.15, -0.1) is 0 Å². The molecule has 0 saturated carbocycles. The van der Waals surface area contributed by atoms with Gasteiger partial charge in [0.15, 0.2) is 5.54 Å². The van der Waals surface area contributed by atoms with Crippen molar-refractivity contribution in [3.63, 3.8) is 0 Å². The Hall–Kier alpha value is -2.17. The molecule has 0 bridgehead atoms. The highest BCUT2D eigenvalue weighted by molar-refractivity contribution is 6.14. The molecule has 1 fully saturated rings. The molecule has 2 amide bonds. The highest BCUT2D eigenvalue weighted by atomic mass is 16.5. The number of hydrogen-bond donors (Lipinski definition) is 0. The second-order valence-electron chi connectivity index (χ2n) is 5.19. The average molecular weight is 272 g/mol. The van der Waals surface area contributed by atoms with Crippen molar-refractivity contribution in [1.29, 1.82) is 0 Å². The van der Waals surface area contributed by atoms with Gasteiger partial charge in [0.2, 0.25) is 11.8 Å². The molecule has 2 aliphatic rings. The number of rotatable bonds is 1. The molecule has 2 heterocycles. The molecule has 5 nitrogen and oxygen atoms in total. The van der Waals surface area contributed by atoms with Crippen LogP contribution in [-0.2, 0) is 19.9 Å². The average Bonchev–Trinajstić information content (AvgIpc) is 2.82. The van der Waals surface area contributed by atoms with Gasteiger partial charge in [-0.25, -0.2) is 4.99 Å². The Morgan fingerprint density at radius 2 is 2.15 bits per heavy atom. The minimum Gasteiger partial charge on any atom is -0.478 e. The van der Waals surface area contributed by atoms with Gasteiger partial charge in [-0.2, -0.15) is 0 Å². The Bertz CT molecular complexity index is 651. The van der Waals surface area contributed by atoms with Crippen LogP contribution in [-0.4, -0.2) is 36.3 Å². The number of fused-ring (bicyclic) bond motifs is 2. The van der Waals surface area contributed by atoms with Crippen LogP contribution in [0.2, 0.25) is 0 Å². The summed E-state index contributed by atoms with van der Waals surface area (Å²) in [5, 5.41) is 0. The summed E-state index contributed by atoms with van der Waals surface area (Å²) in [6.07, 6.45) is 0.0783. The molecule has 0 N–H and O–H groups in total. The Morgan fingerprint density at radius 1 is 1.40 bits per heavy atom. The third-order valence-corrected chi connectivity index (χ3v) is 3.86. The van der Waals surface area contributed by atoms with Gasteiger partial charge in [0.05, 0.1) is 13.0 Å². The lowest BCUT2D eigenvalue weighted by molar-refractivity contribution is -0.138. The first-order chi connectivity index (χ1) is 9.49. The predicted molar refractivity (Wildman–Crippen MR) is 73.4 cm³/mol. The van der Waals surface area contributed by atoms with E-state index < -0.39 is 5.54 Å². The molecule has 0 aliphatic carbocycles. The van der Waals surface area contributed by atoms with Crippen LogP contribution in [0.4, 0.5) is 0 Å². The summed E-state index contributed by atoms with van der Waals surface area (Å²) >= 11 is 0. The second-order valence-corrected chi connectivity index (χ2v) is 5.19. The summed E-state index contributed by atoms with van der Waals surface area (Å²) in [6, 6.07) is 5.76. The number of aliphatic imine (C=N–C) groups is 1. The normalized spacial score (nSPS) is 24.4. The molecular formula is C15H16N2O3. The first-order valence-corrected chi connectivity index (χ1v) is 6.64. The van der Waals surface area contributed by atoms with Crippen molar-refractivity contribution in [2.24, 2.45) is 4.99 Å². The fourth-order valence-electron chi connectivity index (χ4n) is 2.84. The molecule has 0 radical (unpaired) electrons. The number of benzene rings is 1. The Labute approximate surface area is 117 Å². The minimum atomic E-state index is -1.11. The van der Waals surface area contributed by atoms with E-state index in [1.54, 1.807) is 0 Å². The van der Waals surface area contributed by atoms with Crippen LogP contribution < -0.4 is 0 Å². The quantitative estimate of drug-likeness (QED) is 0.726. The number of carbonyl (C=O) groups excluding carboxylic acids is 2. The topological polar surface area (TPSA) is 59.0 Å². The van der Waals surface area contributed by atoms with Crippen molar-refractivity contribution in [2.75, 3.05) is 13.7 Å². The smallest absolute Gasteiger partial charge is 0.262 e. The first-order valence-electron chi connectivity index (χ1n) is 6.64. The van der Waals surface area contributed by atoms with Gasteiger partial charge in [-0.3, -0.25) is 14.5 Å². The fourth-order valence-corrected chi connectivity index (χ4v) is 2.84. The fraction of sp³-hybridized carbons (Fsp3) is 0.400. The van der Waals surface area contributed by atoms with E-state index in [-0.39, 0.29) is 18.2 Å². The van der Waals surface area contributed by atoms with Gasteiger partial charge in [0.25, 0.3) is 5.91 Å². The number of aryl methyl sites for hydroxylation is 1. The van der Waals surface area contributed by atoms with Gasteiger partial charge in [0.1, 0.15) is 0 Å². The summed E-state index contributed by atoms with van der Waals surface area (Å²) in [4.78, 5) is 30.0. The molecule has 104 valence electrons. The molecule has 1 aromatic carbocycles. The van der Waals surface area contributed by atoms with Crippen LogP contribution in [0.1, 0.15) is 30.0 Å². The summed E-state index contributed by atoms with van der Waals surface area (Å²) in [6.45, 7) is 4.32.